The topological polar surface area (TPSA) is 70.6 Å². The molecule has 1 aromatic heterocycles. The molecule has 0 saturated carbocycles. The van der Waals surface area contributed by atoms with Gasteiger partial charge in [0.05, 0.1) is 17.8 Å². The van der Waals surface area contributed by atoms with Crippen LogP contribution in [0.1, 0.15) is 37.9 Å². The standard InChI is InChI=1S/C17H27N5O2/c1-12(23)22-8-6-13-14(10-22)19-16(21(3)4)20-15(13)18-11-17(2)7-5-9-24-17/h5-11H2,1-4H3,(H,18,19,20)/t17-/m0/s1. The molecular weight excluding hydrogens is 306 g/mol. The van der Waals surface area contributed by atoms with E-state index < -0.39 is 0 Å². The Kier molecular flexibility index (Phi) is 4.62. The maximum absolute atomic E-state index is 11.7. The molecule has 0 bridgehead atoms. The first-order chi connectivity index (χ1) is 11.4. The Bertz CT molecular complexity index is 626. The largest absolute Gasteiger partial charge is 0.373 e. The molecule has 7 nitrogen and oxygen atoms in total. The highest BCUT2D eigenvalue weighted by molar-refractivity contribution is 5.73. The van der Waals surface area contributed by atoms with Crippen LogP contribution in [0, 0.1) is 0 Å². The van der Waals surface area contributed by atoms with Crippen molar-refractivity contribution in [3.63, 3.8) is 0 Å². The second-order valence-corrected chi connectivity index (χ2v) is 7.14. The van der Waals surface area contributed by atoms with Gasteiger partial charge in [-0.05, 0) is 26.2 Å². The van der Waals surface area contributed by atoms with E-state index in [0.717, 1.165) is 56.0 Å². The third-order valence-electron chi connectivity index (χ3n) is 4.83. The molecule has 1 atom stereocenters. The first kappa shape index (κ1) is 17.0. The van der Waals surface area contributed by atoms with Gasteiger partial charge < -0.3 is 19.9 Å². The molecule has 1 aromatic rings. The molecule has 0 radical (unpaired) electrons. The van der Waals surface area contributed by atoms with Crippen LogP contribution in [0.5, 0.6) is 0 Å². The van der Waals surface area contributed by atoms with Gasteiger partial charge >= 0.3 is 0 Å². The van der Waals surface area contributed by atoms with Crippen molar-refractivity contribution in [3.8, 4) is 0 Å². The zero-order valence-electron chi connectivity index (χ0n) is 15.1. The molecule has 3 heterocycles. The van der Waals surface area contributed by atoms with Crippen LogP contribution in [0.4, 0.5) is 11.8 Å². The normalized spacial score (nSPS) is 23.1. The number of rotatable bonds is 4. The van der Waals surface area contributed by atoms with Gasteiger partial charge in [0.2, 0.25) is 11.9 Å². The van der Waals surface area contributed by atoms with Crippen molar-refractivity contribution in [1.29, 1.82) is 0 Å². The summed E-state index contributed by atoms with van der Waals surface area (Å²) in [5.74, 6) is 1.63. The fourth-order valence-electron chi connectivity index (χ4n) is 3.28. The van der Waals surface area contributed by atoms with Crippen molar-refractivity contribution in [1.82, 2.24) is 14.9 Å². The summed E-state index contributed by atoms with van der Waals surface area (Å²) in [6, 6.07) is 0. The van der Waals surface area contributed by atoms with Crippen LogP contribution in [0.25, 0.3) is 0 Å². The van der Waals surface area contributed by atoms with Crippen molar-refractivity contribution < 1.29 is 9.53 Å². The number of nitrogens with one attached hydrogen (secondary N) is 1. The van der Waals surface area contributed by atoms with E-state index in [-0.39, 0.29) is 11.5 Å². The van der Waals surface area contributed by atoms with Gasteiger partial charge in [-0.3, -0.25) is 4.79 Å². The van der Waals surface area contributed by atoms with Crippen LogP contribution in [0.2, 0.25) is 0 Å². The quantitative estimate of drug-likeness (QED) is 0.899. The second kappa shape index (κ2) is 6.55. The average molecular weight is 333 g/mol. The molecule has 1 fully saturated rings. The number of carbonyl (C=O) groups is 1. The Hall–Kier alpha value is -1.89. The van der Waals surface area contributed by atoms with Gasteiger partial charge in [-0.25, -0.2) is 4.98 Å². The smallest absolute Gasteiger partial charge is 0.227 e. The van der Waals surface area contributed by atoms with Crippen molar-refractivity contribution in [2.75, 3.05) is 44.0 Å². The summed E-state index contributed by atoms with van der Waals surface area (Å²) in [5, 5.41) is 3.49. The molecule has 24 heavy (non-hydrogen) atoms. The molecule has 1 amide bonds. The Balaban J connectivity index is 1.86. The summed E-state index contributed by atoms with van der Waals surface area (Å²) < 4.78 is 5.86. The summed E-state index contributed by atoms with van der Waals surface area (Å²) in [7, 11) is 3.86. The summed E-state index contributed by atoms with van der Waals surface area (Å²) in [6.07, 6.45) is 2.95. The molecule has 0 spiro atoms. The average Bonchev–Trinajstić information content (AvgIpc) is 2.98. The third-order valence-corrected chi connectivity index (χ3v) is 4.83. The van der Waals surface area contributed by atoms with Crippen LogP contribution in [0.15, 0.2) is 0 Å². The van der Waals surface area contributed by atoms with Gasteiger partial charge in [0.25, 0.3) is 0 Å². The molecule has 132 valence electrons. The lowest BCUT2D eigenvalue weighted by atomic mass is 10.0. The molecule has 7 heteroatoms. The van der Waals surface area contributed by atoms with Gasteiger partial charge in [-0.15, -0.1) is 0 Å². The van der Waals surface area contributed by atoms with E-state index in [0.29, 0.717) is 12.5 Å². The van der Waals surface area contributed by atoms with Crippen LogP contribution in [-0.4, -0.2) is 60.2 Å². The summed E-state index contributed by atoms with van der Waals surface area (Å²) in [4.78, 5) is 24.8. The number of hydrogen-bond donors (Lipinski definition) is 1. The highest BCUT2D eigenvalue weighted by Crippen LogP contribution is 2.29. The molecule has 3 rings (SSSR count). The predicted octanol–water partition coefficient (Wildman–Crippen LogP) is 1.43. The zero-order chi connectivity index (χ0) is 17.3. The molecule has 2 aliphatic heterocycles. The fourth-order valence-corrected chi connectivity index (χ4v) is 3.28. The maximum Gasteiger partial charge on any atom is 0.227 e. The Labute approximate surface area is 143 Å². The highest BCUT2D eigenvalue weighted by Gasteiger charge is 2.31. The number of amides is 1. The molecule has 0 aromatic carbocycles. The highest BCUT2D eigenvalue weighted by atomic mass is 16.5. The minimum Gasteiger partial charge on any atom is -0.373 e. The number of ether oxygens (including phenoxy) is 1. The van der Waals surface area contributed by atoms with Gasteiger partial charge in [-0.1, -0.05) is 0 Å². The van der Waals surface area contributed by atoms with Crippen molar-refractivity contribution >= 4 is 17.7 Å². The molecule has 0 aliphatic carbocycles. The Morgan fingerprint density at radius 2 is 2.21 bits per heavy atom. The lowest BCUT2D eigenvalue weighted by molar-refractivity contribution is -0.129. The lowest BCUT2D eigenvalue weighted by Gasteiger charge is -2.30. The maximum atomic E-state index is 11.7. The van der Waals surface area contributed by atoms with E-state index in [4.69, 9.17) is 9.72 Å². The second-order valence-electron chi connectivity index (χ2n) is 7.14. The Morgan fingerprint density at radius 1 is 1.42 bits per heavy atom. The monoisotopic (exact) mass is 333 g/mol. The lowest BCUT2D eigenvalue weighted by Crippen LogP contribution is -2.37. The van der Waals surface area contributed by atoms with Gasteiger partial charge in [0.15, 0.2) is 0 Å². The van der Waals surface area contributed by atoms with E-state index in [1.807, 2.05) is 23.9 Å². The SMILES string of the molecule is CC(=O)N1CCc2c(nc(N(C)C)nc2NC[C@]2(C)CCCO2)C1. The molecule has 0 unspecified atom stereocenters. The third kappa shape index (κ3) is 3.45. The van der Waals surface area contributed by atoms with E-state index in [9.17, 15) is 4.79 Å². The minimum absolute atomic E-state index is 0.0899. The van der Waals surface area contributed by atoms with Crippen molar-refractivity contribution in [2.24, 2.45) is 0 Å². The van der Waals surface area contributed by atoms with E-state index in [1.54, 1.807) is 6.92 Å². The van der Waals surface area contributed by atoms with E-state index >= 15 is 0 Å². The predicted molar refractivity (Wildman–Crippen MR) is 93.2 cm³/mol. The first-order valence-corrected chi connectivity index (χ1v) is 8.58. The Morgan fingerprint density at radius 3 is 2.83 bits per heavy atom. The van der Waals surface area contributed by atoms with Crippen LogP contribution < -0.4 is 10.2 Å². The van der Waals surface area contributed by atoms with E-state index in [2.05, 4.69) is 17.2 Å². The minimum atomic E-state index is -0.129. The number of carbonyl (C=O) groups excluding carboxylic acids is 1. The summed E-state index contributed by atoms with van der Waals surface area (Å²) in [6.45, 7) is 6.59. The first-order valence-electron chi connectivity index (χ1n) is 8.58. The van der Waals surface area contributed by atoms with Crippen molar-refractivity contribution in [2.45, 2.75) is 45.3 Å². The molecule has 1 saturated heterocycles. The number of fused-ring (bicyclic) bond motifs is 1. The summed E-state index contributed by atoms with van der Waals surface area (Å²) in [5.41, 5.74) is 1.94. The van der Waals surface area contributed by atoms with Crippen molar-refractivity contribution in [3.05, 3.63) is 11.3 Å². The number of aromatic nitrogens is 2. The number of anilines is 2. The molecule has 2 aliphatic rings. The molecular formula is C17H27N5O2. The molecule has 1 N–H and O–H groups in total. The summed E-state index contributed by atoms with van der Waals surface area (Å²) >= 11 is 0. The van der Waals surface area contributed by atoms with E-state index in [1.165, 1.54) is 0 Å². The zero-order valence-corrected chi connectivity index (χ0v) is 15.1. The fraction of sp³-hybridized carbons (Fsp3) is 0.706. The van der Waals surface area contributed by atoms with Crippen LogP contribution in [-0.2, 0) is 22.5 Å². The van der Waals surface area contributed by atoms with Gasteiger partial charge in [0, 0.05) is 46.3 Å². The number of hydrogen-bond acceptors (Lipinski definition) is 6. The number of nitrogens with zero attached hydrogens (tertiary/aromatic N) is 4. The van der Waals surface area contributed by atoms with Crippen LogP contribution >= 0.6 is 0 Å². The van der Waals surface area contributed by atoms with Gasteiger partial charge in [0.1, 0.15) is 5.82 Å². The van der Waals surface area contributed by atoms with Crippen LogP contribution in [0.3, 0.4) is 0 Å². The van der Waals surface area contributed by atoms with Gasteiger partial charge in [-0.2, -0.15) is 4.98 Å².